The molecule has 0 aliphatic carbocycles. The summed E-state index contributed by atoms with van der Waals surface area (Å²) in [7, 11) is 1.43. The molecule has 5 heteroatoms. The van der Waals surface area contributed by atoms with Crippen LogP contribution in [0.3, 0.4) is 0 Å². The van der Waals surface area contributed by atoms with Crippen LogP contribution in [0.15, 0.2) is 0 Å². The second kappa shape index (κ2) is 32.5. The van der Waals surface area contributed by atoms with Gasteiger partial charge in [0.2, 0.25) is 0 Å². The van der Waals surface area contributed by atoms with Crippen LogP contribution in [0.2, 0.25) is 0 Å². The van der Waals surface area contributed by atoms with Gasteiger partial charge >= 0.3 is 26.1 Å². The quantitative estimate of drug-likeness (QED) is 0.416. The summed E-state index contributed by atoms with van der Waals surface area (Å²) in [6.07, 6.45) is 0. The number of rotatable bonds is 0. The molecule has 0 nitrogen and oxygen atoms in total. The van der Waals surface area contributed by atoms with E-state index in [-0.39, 0.29) is 50.9 Å². The average molecular weight is 241 g/mol. The standard InChI is InChI=1S/Al.Fe.Ni.H3Si.Zn.3H/h;;;1H3;;;;. The molecule has 0 spiro atoms. The van der Waals surface area contributed by atoms with E-state index in [1.807, 2.05) is 0 Å². The molecule has 0 N–H and O–H groups in total. The number of hydrogen-bond donors (Lipinski definition) is 0. The fraction of sp³-hybridized carbons (Fsp3) is 0. The van der Waals surface area contributed by atoms with E-state index in [1.54, 1.807) is 0 Å². The number of hydrogen-bond acceptors (Lipinski definition) is 0. The molecule has 0 heterocycles. The minimum atomic E-state index is 0. The molecule has 5 heavy (non-hydrogen) atoms. The van der Waals surface area contributed by atoms with E-state index in [4.69, 9.17) is 0 Å². The Hall–Kier alpha value is 2.39. The maximum absolute atomic E-state index is 1.51. The summed E-state index contributed by atoms with van der Waals surface area (Å²) in [6, 6.07) is 0. The van der Waals surface area contributed by atoms with Crippen molar-refractivity contribution in [3.63, 3.8) is 0 Å². The van der Waals surface area contributed by atoms with Crippen LogP contribution in [-0.2, 0) is 51.2 Å². The van der Waals surface area contributed by atoms with E-state index < -0.39 is 0 Å². The molecule has 0 saturated carbocycles. The van der Waals surface area contributed by atoms with Crippen molar-refractivity contribution in [3.8, 4) is 0 Å². The molecule has 0 aromatic rings. The Labute approximate surface area is 76.2 Å². The monoisotopic (exact) mass is 239 g/mol. The molecule has 0 fully saturated rings. The summed E-state index contributed by atoms with van der Waals surface area (Å²) in [5, 5.41) is 0. The topological polar surface area (TPSA) is 0 Å². The Kier molecular flexibility index (Phi) is 171. The first kappa shape index (κ1) is 26.3. The van der Waals surface area contributed by atoms with E-state index >= 15 is 0 Å². The summed E-state index contributed by atoms with van der Waals surface area (Å²) in [6.45, 7) is 0. The first-order chi connectivity index (χ1) is 1.00. The van der Waals surface area contributed by atoms with E-state index in [0.29, 0.717) is 0 Å². The van der Waals surface area contributed by atoms with Gasteiger partial charge in [0, 0.05) is 33.6 Å². The molecular formula is H6AlFeNiSiZn. The second-order valence-corrected chi connectivity index (χ2v) is 0. The summed E-state index contributed by atoms with van der Waals surface area (Å²) in [5.74, 6) is 0. The molecule has 0 radical (unpaired) electrons. The molecule has 0 atom stereocenters. The summed E-state index contributed by atoms with van der Waals surface area (Å²) in [5.41, 5.74) is 0. The van der Waals surface area contributed by atoms with E-state index in [2.05, 4.69) is 0 Å². The minimum absolute atomic E-state index is 0. The van der Waals surface area contributed by atoms with Gasteiger partial charge in [0.05, 0.1) is 0 Å². The van der Waals surface area contributed by atoms with Gasteiger partial charge in [-0.25, -0.2) is 0 Å². The Bertz CT molecular complexity index is 11.6. The van der Waals surface area contributed by atoms with Crippen LogP contribution >= 0.6 is 0 Å². The van der Waals surface area contributed by atoms with Crippen molar-refractivity contribution in [3.05, 3.63) is 0 Å². The normalized spacial score (nSPS) is 2.00. The van der Waals surface area contributed by atoms with Gasteiger partial charge in [0.1, 0.15) is 0 Å². The first-order valence-corrected chi connectivity index (χ1v) is 11.0. The first-order valence-electron chi connectivity index (χ1n) is 0.707. The zero-order chi connectivity index (χ0) is 2.00. The predicted molar refractivity (Wildman–Crippen MR) is 19.9 cm³/mol. The third-order valence-corrected chi connectivity index (χ3v) is 0. The van der Waals surface area contributed by atoms with Crippen LogP contribution in [0.5, 0.6) is 0 Å². The summed E-state index contributed by atoms with van der Waals surface area (Å²) >= 11 is 1.51. The third kappa shape index (κ3) is 21.6. The van der Waals surface area contributed by atoms with E-state index in [1.165, 1.54) is 26.1 Å². The van der Waals surface area contributed by atoms with E-state index in [0.717, 1.165) is 0 Å². The molecule has 33 valence electrons. The Morgan fingerprint density at radius 1 is 1.20 bits per heavy atom. The summed E-state index contributed by atoms with van der Waals surface area (Å²) < 4.78 is 0. The van der Waals surface area contributed by atoms with E-state index in [9.17, 15) is 0 Å². The van der Waals surface area contributed by atoms with Crippen LogP contribution in [-0.4, -0.2) is 25.8 Å². The molecule has 0 rings (SSSR count). The Morgan fingerprint density at radius 2 is 1.20 bits per heavy atom. The Balaban J connectivity index is -0.00000000167. The zero-order valence-electron chi connectivity index (χ0n) is 2.38. The van der Waals surface area contributed by atoms with Gasteiger partial charge in [-0.15, -0.1) is 0 Å². The SMILES string of the molecule is [AlH3].[Fe].[Ni].[SiH3][Zn]. The third-order valence-electron chi connectivity index (χ3n) is 0. The molecule has 0 aliphatic heterocycles. The zero-order valence-corrected chi connectivity index (χ0v) is 9.44. The van der Waals surface area contributed by atoms with Crippen LogP contribution in [0.4, 0.5) is 0 Å². The predicted octanol–water partition coefficient (Wildman–Crippen LogP) is -2.38. The molecular weight excluding hydrogens is 235 g/mol. The molecule has 0 aliphatic rings. The fourth-order valence-corrected chi connectivity index (χ4v) is 0. The van der Waals surface area contributed by atoms with Gasteiger partial charge < -0.3 is 0 Å². The Morgan fingerprint density at radius 3 is 1.20 bits per heavy atom. The van der Waals surface area contributed by atoms with Crippen LogP contribution in [0.25, 0.3) is 0 Å². The molecule has 0 unspecified atom stereocenters. The van der Waals surface area contributed by atoms with Crippen molar-refractivity contribution in [2.75, 3.05) is 0 Å². The van der Waals surface area contributed by atoms with Crippen molar-refractivity contribution >= 4 is 25.8 Å². The van der Waals surface area contributed by atoms with Gasteiger partial charge in [-0.1, -0.05) is 0 Å². The van der Waals surface area contributed by atoms with Crippen LogP contribution < -0.4 is 0 Å². The average Bonchev–Trinajstić information content (AvgIpc) is 1.00. The van der Waals surface area contributed by atoms with Crippen LogP contribution in [0, 0.1) is 0 Å². The maximum atomic E-state index is 1.51. The van der Waals surface area contributed by atoms with Gasteiger partial charge in [-0.3, -0.25) is 0 Å². The van der Waals surface area contributed by atoms with Crippen molar-refractivity contribution < 1.29 is 51.2 Å². The van der Waals surface area contributed by atoms with Gasteiger partial charge in [0.15, 0.2) is 17.4 Å². The summed E-state index contributed by atoms with van der Waals surface area (Å²) in [4.78, 5) is 0. The molecule has 0 saturated heterocycles. The van der Waals surface area contributed by atoms with Gasteiger partial charge in [-0.2, -0.15) is 0 Å². The van der Waals surface area contributed by atoms with Gasteiger partial charge in [-0.05, 0) is 0 Å². The van der Waals surface area contributed by atoms with Crippen molar-refractivity contribution in [1.82, 2.24) is 0 Å². The van der Waals surface area contributed by atoms with Crippen molar-refractivity contribution in [1.29, 1.82) is 0 Å². The molecule has 0 bridgehead atoms. The van der Waals surface area contributed by atoms with Crippen LogP contribution in [0.1, 0.15) is 0 Å². The second-order valence-electron chi connectivity index (χ2n) is 0. The molecule has 0 aromatic carbocycles. The van der Waals surface area contributed by atoms with Crippen molar-refractivity contribution in [2.45, 2.75) is 0 Å². The fourth-order valence-electron chi connectivity index (χ4n) is 0. The molecule has 0 amide bonds. The van der Waals surface area contributed by atoms with Gasteiger partial charge in [0.25, 0.3) is 0 Å². The van der Waals surface area contributed by atoms with Crippen molar-refractivity contribution in [2.24, 2.45) is 0 Å². The molecule has 0 aromatic heterocycles.